The number of non-ortho nitro benzene ring substituents is 1. The molecule has 1 aromatic carbocycles. The van der Waals surface area contributed by atoms with E-state index in [9.17, 15) is 18.5 Å². The van der Waals surface area contributed by atoms with E-state index in [1.54, 1.807) is 13.8 Å². The maximum Gasteiger partial charge on any atom is 0.271 e. The number of nitro groups is 1. The van der Waals surface area contributed by atoms with Crippen LogP contribution in [-0.4, -0.2) is 37.8 Å². The quantitative estimate of drug-likeness (QED) is 0.437. The van der Waals surface area contributed by atoms with Crippen LogP contribution in [0.3, 0.4) is 0 Å². The molecule has 0 saturated carbocycles. The standard InChI is InChI=1S/C13H18N2O5S/c1-5-14(9-10(2)3)21(18,19)13-8-11(15(16)17)6-7-12(13)20-4/h6-8H,2,5,9H2,1,3-4H3. The second kappa shape index (κ2) is 6.68. The summed E-state index contributed by atoms with van der Waals surface area (Å²) >= 11 is 0. The Bertz CT molecular complexity index is 655. The molecular weight excluding hydrogens is 296 g/mol. The smallest absolute Gasteiger partial charge is 0.271 e. The van der Waals surface area contributed by atoms with E-state index in [1.165, 1.54) is 23.5 Å². The number of likely N-dealkylation sites (N-methyl/N-ethyl adjacent to an activating group) is 1. The highest BCUT2D eigenvalue weighted by Gasteiger charge is 2.28. The Kier molecular flexibility index (Phi) is 5.45. The van der Waals surface area contributed by atoms with E-state index in [2.05, 4.69) is 6.58 Å². The molecule has 0 aliphatic heterocycles. The molecule has 0 N–H and O–H groups in total. The number of benzene rings is 1. The van der Waals surface area contributed by atoms with Gasteiger partial charge in [0.1, 0.15) is 10.6 Å². The van der Waals surface area contributed by atoms with Crippen LogP contribution in [0.5, 0.6) is 5.75 Å². The molecule has 8 heteroatoms. The van der Waals surface area contributed by atoms with E-state index < -0.39 is 14.9 Å². The highest BCUT2D eigenvalue weighted by atomic mass is 32.2. The lowest BCUT2D eigenvalue weighted by Crippen LogP contribution is -2.32. The van der Waals surface area contributed by atoms with Crippen molar-refractivity contribution in [1.29, 1.82) is 0 Å². The monoisotopic (exact) mass is 314 g/mol. The van der Waals surface area contributed by atoms with Crippen molar-refractivity contribution in [1.82, 2.24) is 4.31 Å². The van der Waals surface area contributed by atoms with Gasteiger partial charge >= 0.3 is 0 Å². The van der Waals surface area contributed by atoms with Crippen molar-refractivity contribution in [2.45, 2.75) is 18.7 Å². The van der Waals surface area contributed by atoms with Gasteiger partial charge in [-0.3, -0.25) is 10.1 Å². The van der Waals surface area contributed by atoms with Crippen molar-refractivity contribution in [2.75, 3.05) is 20.2 Å². The highest BCUT2D eigenvalue weighted by Crippen LogP contribution is 2.30. The minimum atomic E-state index is -3.90. The third-order valence-electron chi connectivity index (χ3n) is 2.77. The predicted molar refractivity (Wildman–Crippen MR) is 78.9 cm³/mol. The lowest BCUT2D eigenvalue weighted by Gasteiger charge is -2.21. The molecule has 0 bridgehead atoms. The summed E-state index contributed by atoms with van der Waals surface area (Å²) in [7, 11) is -2.59. The number of nitrogens with zero attached hydrogens (tertiary/aromatic N) is 2. The fourth-order valence-electron chi connectivity index (χ4n) is 1.79. The number of methoxy groups -OCH3 is 1. The molecular formula is C13H18N2O5S. The maximum atomic E-state index is 12.6. The molecule has 21 heavy (non-hydrogen) atoms. The van der Waals surface area contributed by atoms with Crippen LogP contribution in [0.2, 0.25) is 0 Å². The van der Waals surface area contributed by atoms with Crippen LogP contribution in [0.25, 0.3) is 0 Å². The SMILES string of the molecule is C=C(C)CN(CC)S(=O)(=O)c1cc([N+](=O)[O-])ccc1OC. The normalized spacial score (nSPS) is 11.4. The predicted octanol–water partition coefficient (Wildman–Crippen LogP) is 2.19. The van der Waals surface area contributed by atoms with Crippen LogP contribution in [0.1, 0.15) is 13.8 Å². The molecule has 0 atom stereocenters. The first-order valence-corrected chi connectivity index (χ1v) is 7.65. The van der Waals surface area contributed by atoms with E-state index in [0.717, 1.165) is 6.07 Å². The van der Waals surface area contributed by atoms with Gasteiger partial charge in [-0.2, -0.15) is 4.31 Å². The van der Waals surface area contributed by atoms with Gasteiger partial charge in [-0.25, -0.2) is 8.42 Å². The molecule has 0 fully saturated rings. The van der Waals surface area contributed by atoms with Gasteiger partial charge in [-0.05, 0) is 13.0 Å². The molecule has 0 amide bonds. The maximum absolute atomic E-state index is 12.6. The number of hydrogen-bond donors (Lipinski definition) is 0. The van der Waals surface area contributed by atoms with Gasteiger partial charge in [-0.1, -0.05) is 19.1 Å². The topological polar surface area (TPSA) is 89.8 Å². The van der Waals surface area contributed by atoms with Gasteiger partial charge < -0.3 is 4.74 Å². The average molecular weight is 314 g/mol. The third kappa shape index (κ3) is 3.79. The summed E-state index contributed by atoms with van der Waals surface area (Å²) in [6.45, 7) is 7.46. The number of nitro benzene ring substituents is 1. The van der Waals surface area contributed by atoms with E-state index in [4.69, 9.17) is 4.74 Å². The fourth-order valence-corrected chi connectivity index (χ4v) is 3.47. The third-order valence-corrected chi connectivity index (χ3v) is 4.72. The van der Waals surface area contributed by atoms with Crippen molar-refractivity contribution in [3.8, 4) is 5.75 Å². The van der Waals surface area contributed by atoms with Crippen LogP contribution in [0.4, 0.5) is 5.69 Å². The lowest BCUT2D eigenvalue weighted by molar-refractivity contribution is -0.385. The largest absolute Gasteiger partial charge is 0.495 e. The second-order valence-corrected chi connectivity index (χ2v) is 6.39. The van der Waals surface area contributed by atoms with E-state index in [1.807, 2.05) is 0 Å². The molecule has 0 radical (unpaired) electrons. The average Bonchev–Trinajstić information content (AvgIpc) is 2.43. The van der Waals surface area contributed by atoms with Crippen LogP contribution in [0, 0.1) is 10.1 Å². The molecule has 0 aromatic heterocycles. The molecule has 1 aromatic rings. The Morgan fingerprint density at radius 1 is 1.48 bits per heavy atom. The Balaban J connectivity index is 3.43. The summed E-state index contributed by atoms with van der Waals surface area (Å²) in [6.07, 6.45) is 0. The van der Waals surface area contributed by atoms with Crippen LogP contribution < -0.4 is 4.74 Å². The molecule has 0 saturated heterocycles. The van der Waals surface area contributed by atoms with Gasteiger partial charge in [0.15, 0.2) is 0 Å². The van der Waals surface area contributed by atoms with Crippen molar-refractivity contribution in [2.24, 2.45) is 0 Å². The van der Waals surface area contributed by atoms with Gasteiger partial charge in [-0.15, -0.1) is 0 Å². The zero-order chi connectivity index (χ0) is 16.2. The molecule has 116 valence electrons. The second-order valence-electron chi connectivity index (χ2n) is 4.48. The first-order chi connectivity index (χ1) is 9.73. The summed E-state index contributed by atoms with van der Waals surface area (Å²) in [6, 6.07) is 3.49. The van der Waals surface area contributed by atoms with Crippen LogP contribution >= 0.6 is 0 Å². The summed E-state index contributed by atoms with van der Waals surface area (Å²) < 4.78 is 31.5. The Labute approximate surface area is 124 Å². The number of sulfonamides is 1. The van der Waals surface area contributed by atoms with Crippen molar-refractivity contribution >= 4 is 15.7 Å². The van der Waals surface area contributed by atoms with Gasteiger partial charge in [0.25, 0.3) is 5.69 Å². The summed E-state index contributed by atoms with van der Waals surface area (Å²) in [5.74, 6) is 0.0702. The molecule has 0 aliphatic rings. The molecule has 0 heterocycles. The van der Waals surface area contributed by atoms with Crippen molar-refractivity contribution in [3.63, 3.8) is 0 Å². The van der Waals surface area contributed by atoms with E-state index in [0.29, 0.717) is 5.57 Å². The van der Waals surface area contributed by atoms with Crippen LogP contribution in [0.15, 0.2) is 35.2 Å². The van der Waals surface area contributed by atoms with Gasteiger partial charge in [0.05, 0.1) is 12.0 Å². The Morgan fingerprint density at radius 2 is 2.10 bits per heavy atom. The highest BCUT2D eigenvalue weighted by molar-refractivity contribution is 7.89. The fraction of sp³-hybridized carbons (Fsp3) is 0.385. The van der Waals surface area contributed by atoms with Crippen LogP contribution in [-0.2, 0) is 10.0 Å². The minimum absolute atomic E-state index is 0.0702. The minimum Gasteiger partial charge on any atom is -0.495 e. The van der Waals surface area contributed by atoms with Gasteiger partial charge in [0.2, 0.25) is 10.0 Å². The summed E-state index contributed by atoms with van der Waals surface area (Å²) in [5.41, 5.74) is 0.366. The Morgan fingerprint density at radius 3 is 2.52 bits per heavy atom. The molecule has 7 nitrogen and oxygen atoms in total. The van der Waals surface area contributed by atoms with E-state index in [-0.39, 0.29) is 29.4 Å². The number of ether oxygens (including phenoxy) is 1. The summed E-state index contributed by atoms with van der Waals surface area (Å²) in [5, 5.41) is 10.8. The number of hydrogen-bond acceptors (Lipinski definition) is 5. The van der Waals surface area contributed by atoms with Crippen molar-refractivity contribution < 1.29 is 18.1 Å². The molecule has 0 aliphatic carbocycles. The molecule has 0 unspecified atom stereocenters. The lowest BCUT2D eigenvalue weighted by atomic mass is 10.3. The van der Waals surface area contributed by atoms with Crippen molar-refractivity contribution in [3.05, 3.63) is 40.5 Å². The number of rotatable bonds is 7. The zero-order valence-corrected chi connectivity index (χ0v) is 13.0. The first kappa shape index (κ1) is 17.1. The van der Waals surface area contributed by atoms with Gasteiger partial charge in [0, 0.05) is 25.2 Å². The summed E-state index contributed by atoms with van der Waals surface area (Å²) in [4.78, 5) is 9.97. The molecule has 1 rings (SSSR count). The molecule has 0 spiro atoms. The zero-order valence-electron chi connectivity index (χ0n) is 12.2. The van der Waals surface area contributed by atoms with E-state index >= 15 is 0 Å². The first-order valence-electron chi connectivity index (χ1n) is 6.21. The Hall–Kier alpha value is -1.93.